The molecule has 0 fully saturated rings. The van der Waals surface area contributed by atoms with Crippen molar-refractivity contribution in [1.29, 1.82) is 0 Å². The number of aryl methyl sites for hydroxylation is 1. The average molecular weight is 540 g/mol. The number of aldehydes is 1. The number of hydrogen-bond acceptors (Lipinski definition) is 4. The first-order valence-corrected chi connectivity index (χ1v) is 13.0. The molecule has 1 unspecified atom stereocenters. The third-order valence-corrected chi connectivity index (χ3v) is 6.76. The van der Waals surface area contributed by atoms with Crippen molar-refractivity contribution in [3.05, 3.63) is 83.4 Å². The molecule has 3 rings (SSSR count). The van der Waals surface area contributed by atoms with E-state index >= 15 is 0 Å². The van der Waals surface area contributed by atoms with E-state index in [4.69, 9.17) is 9.47 Å². The van der Waals surface area contributed by atoms with Gasteiger partial charge in [-0.05, 0) is 60.6 Å². The van der Waals surface area contributed by atoms with Crippen LogP contribution < -0.4 is 10.1 Å². The summed E-state index contributed by atoms with van der Waals surface area (Å²) in [5, 5.41) is 3.06. The summed E-state index contributed by atoms with van der Waals surface area (Å²) < 4.78 is 9.82. The van der Waals surface area contributed by atoms with Crippen LogP contribution in [0.1, 0.15) is 60.0 Å². The Bertz CT molecular complexity index is 1030. The first-order chi connectivity index (χ1) is 17.0. The monoisotopic (exact) mass is 539 g/mol. The SMILES string of the molecule is COCOc1ccc(C(=O)NCCCCCCCc2ccccc2)c(C2=CC=CC(Br)(C=O)C2)c1. The first-order valence-electron chi connectivity index (χ1n) is 12.2. The lowest BCUT2D eigenvalue weighted by Crippen LogP contribution is -2.26. The molecule has 2 aromatic rings. The standard InChI is InChI=1S/C29H34BrNO4/c1-34-22-35-25-15-16-26(27(19-25)24-14-10-17-29(30,20-24)21-32)28(33)31-18-9-4-2-3-6-11-23-12-7-5-8-13-23/h5,7-8,10,12-17,19,21H,2-4,6,9,11,18,20,22H2,1H3,(H,31,33). The van der Waals surface area contributed by atoms with Crippen LogP contribution in [0.2, 0.25) is 0 Å². The summed E-state index contributed by atoms with van der Waals surface area (Å²) in [5.74, 6) is 0.486. The van der Waals surface area contributed by atoms with Crippen LogP contribution in [0.15, 0.2) is 66.8 Å². The number of alkyl halides is 1. The number of nitrogens with one attached hydrogen (secondary N) is 1. The highest BCUT2D eigenvalue weighted by atomic mass is 79.9. The molecule has 0 saturated heterocycles. The van der Waals surface area contributed by atoms with Crippen molar-refractivity contribution in [2.75, 3.05) is 20.4 Å². The molecule has 0 bridgehead atoms. The Kier molecular flexibility index (Phi) is 10.8. The normalized spacial score (nSPS) is 17.0. The molecule has 1 amide bonds. The van der Waals surface area contributed by atoms with Crippen LogP contribution in [-0.4, -0.2) is 37.0 Å². The van der Waals surface area contributed by atoms with E-state index in [0.717, 1.165) is 43.1 Å². The van der Waals surface area contributed by atoms with Gasteiger partial charge in [0.2, 0.25) is 0 Å². The Balaban J connectivity index is 1.52. The zero-order valence-corrected chi connectivity index (χ0v) is 21.9. The molecule has 0 radical (unpaired) electrons. The van der Waals surface area contributed by atoms with Gasteiger partial charge in [-0.25, -0.2) is 0 Å². The largest absolute Gasteiger partial charge is 0.468 e. The quantitative estimate of drug-likeness (QED) is 0.133. The van der Waals surface area contributed by atoms with Gasteiger partial charge in [-0.3, -0.25) is 4.79 Å². The number of amides is 1. The molecule has 0 aliphatic heterocycles. The lowest BCUT2D eigenvalue weighted by molar-refractivity contribution is -0.108. The summed E-state index contributed by atoms with van der Waals surface area (Å²) in [6, 6.07) is 16.0. The van der Waals surface area contributed by atoms with Gasteiger partial charge < -0.3 is 19.6 Å². The number of hydrogen-bond donors (Lipinski definition) is 1. The molecule has 6 heteroatoms. The van der Waals surface area contributed by atoms with E-state index in [2.05, 4.69) is 45.5 Å². The Morgan fingerprint density at radius 3 is 2.63 bits per heavy atom. The smallest absolute Gasteiger partial charge is 0.251 e. The van der Waals surface area contributed by atoms with E-state index < -0.39 is 4.32 Å². The summed E-state index contributed by atoms with van der Waals surface area (Å²) in [7, 11) is 1.56. The van der Waals surface area contributed by atoms with Crippen LogP contribution in [0, 0.1) is 0 Å². The van der Waals surface area contributed by atoms with E-state index in [1.807, 2.05) is 30.4 Å². The number of carbonyl (C=O) groups excluding carboxylic acids is 2. The number of allylic oxidation sites excluding steroid dienone is 4. The molecule has 0 aromatic heterocycles. The van der Waals surface area contributed by atoms with Gasteiger partial charge in [0.05, 0.1) is 0 Å². The Hall–Kier alpha value is -2.70. The van der Waals surface area contributed by atoms with E-state index in [0.29, 0.717) is 24.3 Å². The van der Waals surface area contributed by atoms with Gasteiger partial charge in [0, 0.05) is 19.2 Å². The van der Waals surface area contributed by atoms with Gasteiger partial charge in [-0.1, -0.05) is 83.8 Å². The van der Waals surface area contributed by atoms with E-state index in [9.17, 15) is 9.59 Å². The minimum Gasteiger partial charge on any atom is -0.468 e. The summed E-state index contributed by atoms with van der Waals surface area (Å²) in [5.41, 5.74) is 3.61. The Morgan fingerprint density at radius 2 is 1.86 bits per heavy atom. The molecule has 1 aliphatic carbocycles. The lowest BCUT2D eigenvalue weighted by atomic mass is 9.88. The number of halogens is 1. The fraction of sp³-hybridized carbons (Fsp3) is 0.379. The molecule has 35 heavy (non-hydrogen) atoms. The van der Waals surface area contributed by atoms with Crippen molar-refractivity contribution in [3.8, 4) is 5.75 Å². The van der Waals surface area contributed by atoms with Crippen molar-refractivity contribution in [2.24, 2.45) is 0 Å². The highest BCUT2D eigenvalue weighted by Crippen LogP contribution is 2.37. The molecule has 0 spiro atoms. The lowest BCUT2D eigenvalue weighted by Gasteiger charge is -2.23. The molecule has 1 atom stereocenters. The Labute approximate surface area is 216 Å². The van der Waals surface area contributed by atoms with Crippen molar-refractivity contribution in [1.82, 2.24) is 5.32 Å². The van der Waals surface area contributed by atoms with Gasteiger partial charge in [-0.15, -0.1) is 0 Å². The zero-order chi connectivity index (χ0) is 24.9. The number of carbonyl (C=O) groups is 2. The molecular formula is C29H34BrNO4. The van der Waals surface area contributed by atoms with Gasteiger partial charge in [0.15, 0.2) is 6.79 Å². The first kappa shape index (κ1) is 26.9. The third-order valence-electron chi connectivity index (χ3n) is 6.02. The van der Waals surface area contributed by atoms with Crippen molar-refractivity contribution >= 4 is 33.7 Å². The minimum absolute atomic E-state index is 0.117. The highest BCUT2D eigenvalue weighted by molar-refractivity contribution is 9.10. The van der Waals surface area contributed by atoms with Crippen LogP contribution in [-0.2, 0) is 16.0 Å². The second-order valence-corrected chi connectivity index (χ2v) is 10.3. The third kappa shape index (κ3) is 8.48. The van der Waals surface area contributed by atoms with Gasteiger partial charge >= 0.3 is 0 Å². The maximum Gasteiger partial charge on any atom is 0.251 e. The number of ether oxygens (including phenoxy) is 2. The predicted molar refractivity (Wildman–Crippen MR) is 144 cm³/mol. The van der Waals surface area contributed by atoms with Crippen LogP contribution in [0.5, 0.6) is 5.75 Å². The fourth-order valence-electron chi connectivity index (χ4n) is 4.13. The fourth-order valence-corrected chi connectivity index (χ4v) is 4.58. The summed E-state index contributed by atoms with van der Waals surface area (Å²) >= 11 is 3.50. The Morgan fingerprint density at radius 1 is 1.09 bits per heavy atom. The minimum atomic E-state index is -0.769. The van der Waals surface area contributed by atoms with Crippen LogP contribution >= 0.6 is 15.9 Å². The number of benzene rings is 2. The maximum atomic E-state index is 13.1. The molecule has 1 N–H and O–H groups in total. The average Bonchev–Trinajstić information content (AvgIpc) is 2.89. The maximum absolute atomic E-state index is 13.1. The van der Waals surface area contributed by atoms with Crippen molar-refractivity contribution in [3.63, 3.8) is 0 Å². The molecule has 1 aliphatic rings. The molecule has 5 nitrogen and oxygen atoms in total. The number of unbranched alkanes of at least 4 members (excludes halogenated alkanes) is 4. The van der Waals surface area contributed by atoms with Crippen molar-refractivity contribution in [2.45, 2.75) is 49.3 Å². The zero-order valence-electron chi connectivity index (χ0n) is 20.3. The summed E-state index contributed by atoms with van der Waals surface area (Å²) in [6.07, 6.45) is 13.6. The van der Waals surface area contributed by atoms with Crippen LogP contribution in [0.4, 0.5) is 0 Å². The molecule has 0 heterocycles. The van der Waals surface area contributed by atoms with E-state index in [-0.39, 0.29) is 12.7 Å². The topological polar surface area (TPSA) is 64.6 Å². The highest BCUT2D eigenvalue weighted by Gasteiger charge is 2.28. The summed E-state index contributed by atoms with van der Waals surface area (Å²) in [6.45, 7) is 0.751. The van der Waals surface area contributed by atoms with Gasteiger partial charge in [-0.2, -0.15) is 0 Å². The van der Waals surface area contributed by atoms with Gasteiger partial charge in [0.1, 0.15) is 16.4 Å². The second kappa shape index (κ2) is 14.0. The van der Waals surface area contributed by atoms with Crippen LogP contribution in [0.3, 0.4) is 0 Å². The number of methoxy groups -OCH3 is 1. The van der Waals surface area contributed by atoms with E-state index in [1.54, 1.807) is 19.2 Å². The second-order valence-electron chi connectivity index (χ2n) is 8.79. The van der Waals surface area contributed by atoms with E-state index in [1.165, 1.54) is 18.4 Å². The summed E-state index contributed by atoms with van der Waals surface area (Å²) in [4.78, 5) is 24.6. The van der Waals surface area contributed by atoms with Gasteiger partial charge in [0.25, 0.3) is 5.91 Å². The molecule has 186 valence electrons. The van der Waals surface area contributed by atoms with Crippen LogP contribution in [0.25, 0.3) is 5.57 Å². The number of rotatable bonds is 14. The predicted octanol–water partition coefficient (Wildman–Crippen LogP) is 6.27. The molecular weight excluding hydrogens is 506 g/mol. The molecule has 2 aromatic carbocycles. The molecule has 0 saturated carbocycles. The van der Waals surface area contributed by atoms with Crippen molar-refractivity contribution < 1.29 is 19.1 Å².